The van der Waals surface area contributed by atoms with E-state index in [9.17, 15) is 13.2 Å². The SMILES string of the molecule is COC(=O)c1sc(C(C)(C)C)cc1NS(=O)(=O)c1cccc2cccnc12. The highest BCUT2D eigenvalue weighted by molar-refractivity contribution is 7.93. The molecule has 27 heavy (non-hydrogen) atoms. The Balaban J connectivity index is 2.10. The van der Waals surface area contributed by atoms with Gasteiger partial charge in [-0.15, -0.1) is 11.3 Å². The number of nitrogens with zero attached hydrogens (tertiary/aromatic N) is 1. The van der Waals surface area contributed by atoms with E-state index in [4.69, 9.17) is 4.74 Å². The van der Waals surface area contributed by atoms with Gasteiger partial charge >= 0.3 is 5.97 Å². The Kier molecular flexibility index (Phi) is 4.96. The molecule has 0 aliphatic heterocycles. The fourth-order valence-electron chi connectivity index (χ4n) is 2.57. The monoisotopic (exact) mass is 404 g/mol. The van der Waals surface area contributed by atoms with E-state index in [1.807, 2.05) is 20.8 Å². The molecule has 0 aliphatic rings. The fourth-order valence-corrected chi connectivity index (χ4v) is 4.97. The van der Waals surface area contributed by atoms with Gasteiger partial charge in [-0.2, -0.15) is 0 Å². The second-order valence-corrected chi connectivity index (χ2v) is 9.73. The first-order chi connectivity index (χ1) is 12.6. The lowest BCUT2D eigenvalue weighted by atomic mass is 9.95. The number of esters is 1. The van der Waals surface area contributed by atoms with Crippen molar-refractivity contribution in [3.05, 3.63) is 52.3 Å². The summed E-state index contributed by atoms with van der Waals surface area (Å²) in [7, 11) is -2.68. The number of hydrogen-bond donors (Lipinski definition) is 1. The molecule has 0 radical (unpaired) electrons. The second-order valence-electron chi connectivity index (χ2n) is 7.03. The third-order valence-electron chi connectivity index (χ3n) is 3.97. The van der Waals surface area contributed by atoms with Crippen molar-refractivity contribution in [2.24, 2.45) is 0 Å². The summed E-state index contributed by atoms with van der Waals surface area (Å²) in [4.78, 5) is 17.5. The van der Waals surface area contributed by atoms with Crippen LogP contribution in [-0.4, -0.2) is 26.5 Å². The van der Waals surface area contributed by atoms with Gasteiger partial charge in [-0.05, 0) is 23.6 Å². The summed E-state index contributed by atoms with van der Waals surface area (Å²) in [5, 5.41) is 0.717. The van der Waals surface area contributed by atoms with E-state index in [1.165, 1.54) is 24.5 Å². The maximum atomic E-state index is 13.0. The third kappa shape index (κ3) is 3.81. The van der Waals surface area contributed by atoms with Gasteiger partial charge in [-0.25, -0.2) is 13.2 Å². The molecule has 8 heteroatoms. The van der Waals surface area contributed by atoms with Crippen LogP contribution in [0.4, 0.5) is 5.69 Å². The molecule has 0 spiro atoms. The van der Waals surface area contributed by atoms with Gasteiger partial charge in [-0.3, -0.25) is 9.71 Å². The summed E-state index contributed by atoms with van der Waals surface area (Å²) in [5.41, 5.74) is 0.348. The van der Waals surface area contributed by atoms with E-state index in [-0.39, 0.29) is 20.9 Å². The van der Waals surface area contributed by atoms with Crippen LogP contribution in [0.1, 0.15) is 35.3 Å². The van der Waals surface area contributed by atoms with Crippen LogP contribution in [0.2, 0.25) is 0 Å². The van der Waals surface area contributed by atoms with E-state index >= 15 is 0 Å². The van der Waals surface area contributed by atoms with Crippen LogP contribution in [-0.2, 0) is 20.2 Å². The molecule has 0 aliphatic carbocycles. The molecule has 1 aromatic carbocycles. The molecule has 0 bridgehead atoms. The van der Waals surface area contributed by atoms with E-state index in [0.717, 1.165) is 4.88 Å². The molecular weight excluding hydrogens is 384 g/mol. The largest absolute Gasteiger partial charge is 0.465 e. The van der Waals surface area contributed by atoms with Crippen LogP contribution in [0.3, 0.4) is 0 Å². The Morgan fingerprint density at radius 3 is 2.56 bits per heavy atom. The predicted molar refractivity (Wildman–Crippen MR) is 107 cm³/mol. The molecule has 6 nitrogen and oxygen atoms in total. The Morgan fingerprint density at radius 2 is 1.89 bits per heavy atom. The molecular formula is C19H20N2O4S2. The summed E-state index contributed by atoms with van der Waals surface area (Å²) < 4.78 is 33.4. The lowest BCUT2D eigenvalue weighted by molar-refractivity contribution is 0.0607. The molecule has 0 saturated heterocycles. The molecule has 3 aromatic rings. The van der Waals surface area contributed by atoms with Crippen molar-refractivity contribution in [1.29, 1.82) is 0 Å². The number of anilines is 1. The topological polar surface area (TPSA) is 85.4 Å². The number of aromatic nitrogens is 1. The summed E-state index contributed by atoms with van der Waals surface area (Å²) in [6.07, 6.45) is 1.55. The van der Waals surface area contributed by atoms with Gasteiger partial charge in [0.1, 0.15) is 9.77 Å². The number of methoxy groups -OCH3 is 1. The second kappa shape index (κ2) is 6.94. The highest BCUT2D eigenvalue weighted by atomic mass is 32.2. The van der Waals surface area contributed by atoms with Crippen molar-refractivity contribution in [2.75, 3.05) is 11.8 Å². The average molecular weight is 405 g/mol. The van der Waals surface area contributed by atoms with E-state index < -0.39 is 16.0 Å². The first kappa shape index (κ1) is 19.3. The van der Waals surface area contributed by atoms with Crippen molar-refractivity contribution >= 4 is 43.9 Å². The van der Waals surface area contributed by atoms with E-state index in [0.29, 0.717) is 10.9 Å². The lowest BCUT2D eigenvalue weighted by Crippen LogP contribution is -2.15. The van der Waals surface area contributed by atoms with Crippen LogP contribution in [0, 0.1) is 0 Å². The quantitative estimate of drug-likeness (QED) is 0.659. The first-order valence-corrected chi connectivity index (χ1v) is 10.5. The molecule has 0 unspecified atom stereocenters. The number of carbonyl (C=O) groups is 1. The summed E-state index contributed by atoms with van der Waals surface area (Å²) >= 11 is 1.22. The third-order valence-corrected chi connectivity index (χ3v) is 6.91. The van der Waals surface area contributed by atoms with Gasteiger partial charge in [0.2, 0.25) is 0 Å². The fraction of sp³-hybridized carbons (Fsp3) is 0.263. The van der Waals surface area contributed by atoms with Crippen LogP contribution >= 0.6 is 11.3 Å². The normalized spacial score (nSPS) is 12.1. The zero-order valence-corrected chi connectivity index (χ0v) is 17.1. The number of sulfonamides is 1. The average Bonchev–Trinajstić information content (AvgIpc) is 3.04. The van der Waals surface area contributed by atoms with Crippen molar-refractivity contribution in [3.8, 4) is 0 Å². The lowest BCUT2D eigenvalue weighted by Gasteiger charge is -2.15. The van der Waals surface area contributed by atoms with Crippen LogP contribution in [0.15, 0.2) is 47.5 Å². The molecule has 0 amide bonds. The van der Waals surface area contributed by atoms with Crippen LogP contribution in [0.25, 0.3) is 10.9 Å². The zero-order valence-electron chi connectivity index (χ0n) is 15.4. The maximum absolute atomic E-state index is 13.0. The van der Waals surface area contributed by atoms with Crippen molar-refractivity contribution < 1.29 is 17.9 Å². The van der Waals surface area contributed by atoms with Crippen molar-refractivity contribution in [2.45, 2.75) is 31.1 Å². The predicted octanol–water partition coefficient (Wildman–Crippen LogP) is 4.18. The standard InChI is InChI=1S/C19H20N2O4S2/c1-19(2,3)15-11-13(17(26-15)18(22)25-4)21-27(23,24)14-9-5-7-12-8-6-10-20-16(12)14/h5-11,21H,1-4H3. The number of benzene rings is 1. The molecule has 2 heterocycles. The number of carbonyl (C=O) groups excluding carboxylic acids is 1. The minimum atomic E-state index is -3.95. The maximum Gasteiger partial charge on any atom is 0.350 e. The molecule has 3 rings (SSSR count). The molecule has 2 aromatic heterocycles. The Morgan fingerprint density at radius 1 is 1.19 bits per heavy atom. The van der Waals surface area contributed by atoms with Gasteiger partial charge in [0.15, 0.2) is 0 Å². The molecule has 0 fully saturated rings. The first-order valence-electron chi connectivity index (χ1n) is 8.22. The number of hydrogen-bond acceptors (Lipinski definition) is 6. The Hall–Kier alpha value is -2.45. The van der Waals surface area contributed by atoms with Crippen LogP contribution in [0.5, 0.6) is 0 Å². The van der Waals surface area contributed by atoms with E-state index in [2.05, 4.69) is 9.71 Å². The van der Waals surface area contributed by atoms with Crippen LogP contribution < -0.4 is 4.72 Å². The molecule has 0 atom stereocenters. The Labute approximate surface area is 162 Å². The number of nitrogens with one attached hydrogen (secondary N) is 1. The van der Waals surface area contributed by atoms with Gasteiger partial charge < -0.3 is 4.74 Å². The van der Waals surface area contributed by atoms with Gasteiger partial charge in [0, 0.05) is 16.5 Å². The summed E-state index contributed by atoms with van der Waals surface area (Å²) in [5.74, 6) is -0.579. The number of para-hydroxylation sites is 1. The van der Waals surface area contributed by atoms with Crippen molar-refractivity contribution in [1.82, 2.24) is 4.98 Å². The Bertz CT molecular complexity index is 1110. The molecule has 1 N–H and O–H groups in total. The van der Waals surface area contributed by atoms with Crippen molar-refractivity contribution in [3.63, 3.8) is 0 Å². The van der Waals surface area contributed by atoms with E-state index in [1.54, 1.807) is 36.5 Å². The summed E-state index contributed by atoms with van der Waals surface area (Å²) in [6, 6.07) is 10.2. The molecule has 0 saturated carbocycles. The highest BCUT2D eigenvalue weighted by Gasteiger charge is 2.27. The zero-order chi connectivity index (χ0) is 19.8. The minimum absolute atomic E-state index is 0.0555. The number of pyridine rings is 1. The minimum Gasteiger partial charge on any atom is -0.465 e. The number of thiophene rings is 1. The number of fused-ring (bicyclic) bond motifs is 1. The smallest absolute Gasteiger partial charge is 0.350 e. The molecule has 142 valence electrons. The van der Waals surface area contributed by atoms with Gasteiger partial charge in [0.05, 0.1) is 18.3 Å². The summed E-state index contributed by atoms with van der Waals surface area (Å²) in [6.45, 7) is 5.98. The highest BCUT2D eigenvalue weighted by Crippen LogP contribution is 2.37. The van der Waals surface area contributed by atoms with Gasteiger partial charge in [0.25, 0.3) is 10.0 Å². The number of ether oxygens (including phenoxy) is 1. The van der Waals surface area contributed by atoms with Gasteiger partial charge in [-0.1, -0.05) is 39.0 Å². The number of rotatable bonds is 4.